The summed E-state index contributed by atoms with van der Waals surface area (Å²) < 4.78 is 24.0. The number of hydrogen-bond acceptors (Lipinski definition) is 9. The Morgan fingerprint density at radius 2 is 1.72 bits per heavy atom. The lowest BCUT2D eigenvalue weighted by molar-refractivity contribution is 0.0770. The molecule has 250 valence electrons. The topological polar surface area (TPSA) is 191 Å². The minimum Gasteiger partial charge on any atom is -0.370 e. The van der Waals surface area contributed by atoms with Crippen LogP contribution in [-0.4, -0.2) is 101 Å². The van der Waals surface area contributed by atoms with Gasteiger partial charge in [0.1, 0.15) is 6.17 Å². The van der Waals surface area contributed by atoms with Crippen LogP contribution in [0.3, 0.4) is 0 Å². The molecule has 15 heteroatoms. The number of benzene rings is 2. The largest absolute Gasteiger partial charge is 0.370 e. The molecule has 47 heavy (non-hydrogen) atoms. The number of fused-ring (bicyclic) bond motifs is 1. The normalized spacial score (nSPS) is 20.5. The van der Waals surface area contributed by atoms with Gasteiger partial charge in [0.2, 0.25) is 0 Å². The highest BCUT2D eigenvalue weighted by Gasteiger charge is 2.32. The fourth-order valence-electron chi connectivity index (χ4n) is 6.03. The number of piperazine rings is 1. The molecule has 2 aromatic carbocycles. The smallest absolute Gasteiger partial charge is 0.327 e. The minimum atomic E-state index is -3.12. The van der Waals surface area contributed by atoms with Gasteiger partial charge in [0.25, 0.3) is 5.91 Å². The first-order chi connectivity index (χ1) is 22.6. The van der Waals surface area contributed by atoms with Crippen molar-refractivity contribution in [2.45, 2.75) is 19.1 Å². The second kappa shape index (κ2) is 14.0. The summed E-state index contributed by atoms with van der Waals surface area (Å²) in [5.41, 5.74) is 16.5. The van der Waals surface area contributed by atoms with Gasteiger partial charge >= 0.3 is 6.03 Å². The van der Waals surface area contributed by atoms with Crippen molar-refractivity contribution in [1.29, 1.82) is 0 Å². The van der Waals surface area contributed by atoms with Gasteiger partial charge in [0.05, 0.1) is 17.2 Å². The lowest BCUT2D eigenvalue weighted by atomic mass is 10.0. The molecule has 0 bridgehead atoms. The summed E-state index contributed by atoms with van der Waals surface area (Å²) >= 11 is 0. The third-order valence-corrected chi connectivity index (χ3v) is 10.3. The molecule has 8 N–H and O–H groups in total. The number of guanidine groups is 1. The molecule has 14 nitrogen and oxygen atoms in total. The number of urea groups is 1. The SMILES string of the molecule is NC(N)=NCCCNCc1ccc(N2C=C3C=C(c4cc(C(=O)N5CCS(=O)(=O)CC5)cc(N5CCNCC5)c4)NC3NC2=O)cc1. The van der Waals surface area contributed by atoms with Crippen LogP contribution in [0.15, 0.2) is 65.3 Å². The van der Waals surface area contributed by atoms with Gasteiger partial charge in [-0.15, -0.1) is 0 Å². The number of nitrogens with two attached hydrogens (primary N) is 2. The zero-order valence-corrected chi connectivity index (χ0v) is 27.1. The summed E-state index contributed by atoms with van der Waals surface area (Å²) in [5, 5.41) is 13.2. The Morgan fingerprint density at radius 1 is 0.979 bits per heavy atom. The Hall–Kier alpha value is -4.60. The highest BCUT2D eigenvalue weighted by Crippen LogP contribution is 2.31. The predicted octanol–water partition coefficient (Wildman–Crippen LogP) is 0.104. The number of sulfone groups is 1. The quantitative estimate of drug-likeness (QED) is 0.116. The predicted molar refractivity (Wildman–Crippen MR) is 184 cm³/mol. The van der Waals surface area contributed by atoms with Crippen molar-refractivity contribution in [3.05, 3.63) is 77.0 Å². The summed E-state index contributed by atoms with van der Waals surface area (Å²) in [6.07, 6.45) is 4.24. The first-order valence-corrected chi connectivity index (χ1v) is 17.7. The summed E-state index contributed by atoms with van der Waals surface area (Å²) in [6, 6.07) is 13.4. The van der Waals surface area contributed by atoms with Gasteiger partial charge in [-0.1, -0.05) is 12.1 Å². The molecular formula is C32H42N10O4S. The molecule has 4 heterocycles. The Balaban J connectivity index is 1.19. The average Bonchev–Trinajstić information content (AvgIpc) is 3.49. The molecule has 4 aliphatic rings. The van der Waals surface area contributed by atoms with E-state index in [1.165, 1.54) is 0 Å². The van der Waals surface area contributed by atoms with E-state index in [1.54, 1.807) is 9.80 Å². The molecule has 2 aromatic rings. The van der Waals surface area contributed by atoms with Gasteiger partial charge in [-0.2, -0.15) is 0 Å². The van der Waals surface area contributed by atoms with Gasteiger partial charge in [0.15, 0.2) is 15.8 Å². The van der Waals surface area contributed by atoms with Crippen molar-refractivity contribution >= 4 is 44.8 Å². The highest BCUT2D eigenvalue weighted by atomic mass is 32.2. The fraction of sp³-hybridized carbons (Fsp3) is 0.406. The Kier molecular flexibility index (Phi) is 9.66. The van der Waals surface area contributed by atoms with E-state index in [1.807, 2.05) is 48.7 Å². The van der Waals surface area contributed by atoms with Crippen LogP contribution in [-0.2, 0) is 16.4 Å². The summed E-state index contributed by atoms with van der Waals surface area (Å²) in [5.74, 6) is -0.135. The molecule has 0 spiro atoms. The van der Waals surface area contributed by atoms with E-state index in [0.717, 1.165) is 72.9 Å². The summed E-state index contributed by atoms with van der Waals surface area (Å²) in [7, 11) is -3.12. The maximum absolute atomic E-state index is 13.6. The van der Waals surface area contributed by atoms with Gasteiger partial charge in [-0.3, -0.25) is 14.7 Å². The minimum absolute atomic E-state index is 0.0246. The van der Waals surface area contributed by atoms with Crippen LogP contribution in [0.25, 0.3) is 5.70 Å². The van der Waals surface area contributed by atoms with Crippen molar-refractivity contribution in [2.75, 3.05) is 73.7 Å². The van der Waals surface area contributed by atoms with E-state index >= 15 is 0 Å². The number of hydrogen-bond donors (Lipinski definition) is 6. The van der Waals surface area contributed by atoms with Crippen LogP contribution >= 0.6 is 0 Å². The second-order valence-corrected chi connectivity index (χ2v) is 14.3. The summed E-state index contributed by atoms with van der Waals surface area (Å²) in [4.78, 5) is 36.2. The molecular weight excluding hydrogens is 620 g/mol. The van der Waals surface area contributed by atoms with Crippen LogP contribution < -0.4 is 42.5 Å². The third kappa shape index (κ3) is 7.86. The van der Waals surface area contributed by atoms with Crippen LogP contribution in [0.2, 0.25) is 0 Å². The van der Waals surface area contributed by atoms with E-state index < -0.39 is 16.0 Å². The third-order valence-electron chi connectivity index (χ3n) is 8.65. The zero-order chi connectivity index (χ0) is 33.0. The first kappa shape index (κ1) is 32.3. The molecule has 3 amide bonds. The first-order valence-electron chi connectivity index (χ1n) is 15.9. The molecule has 0 saturated carbocycles. The lowest BCUT2D eigenvalue weighted by Gasteiger charge is -2.31. The van der Waals surface area contributed by atoms with Crippen LogP contribution in [0.5, 0.6) is 0 Å². The average molecular weight is 663 g/mol. The van der Waals surface area contributed by atoms with E-state index in [4.69, 9.17) is 11.5 Å². The van der Waals surface area contributed by atoms with Gasteiger partial charge in [-0.25, -0.2) is 13.2 Å². The van der Waals surface area contributed by atoms with Crippen molar-refractivity contribution < 1.29 is 18.0 Å². The summed E-state index contributed by atoms with van der Waals surface area (Å²) in [6.45, 7) is 5.69. The maximum atomic E-state index is 13.6. The Bertz CT molecular complexity index is 1680. The Labute approximate surface area is 274 Å². The second-order valence-electron chi connectivity index (χ2n) is 12.0. The van der Waals surface area contributed by atoms with Gasteiger partial charge in [-0.05, 0) is 54.9 Å². The fourth-order valence-corrected chi connectivity index (χ4v) is 7.24. The van der Waals surface area contributed by atoms with E-state index in [-0.39, 0.29) is 42.5 Å². The monoisotopic (exact) mass is 662 g/mol. The number of carbonyl (C=O) groups is 2. The molecule has 0 radical (unpaired) electrons. The highest BCUT2D eigenvalue weighted by molar-refractivity contribution is 7.91. The number of nitrogens with zero attached hydrogens (tertiary/aromatic N) is 4. The Morgan fingerprint density at radius 3 is 2.45 bits per heavy atom. The van der Waals surface area contributed by atoms with Crippen LogP contribution in [0, 0.1) is 0 Å². The van der Waals surface area contributed by atoms with Gasteiger partial charge < -0.3 is 42.5 Å². The zero-order valence-electron chi connectivity index (χ0n) is 26.2. The molecule has 1 atom stereocenters. The number of amides is 3. The van der Waals surface area contributed by atoms with Gasteiger partial charge in [0, 0.05) is 86.6 Å². The van der Waals surface area contributed by atoms with E-state index in [9.17, 15) is 18.0 Å². The number of aliphatic imine (C=N–C) groups is 1. The number of anilines is 2. The van der Waals surface area contributed by atoms with Crippen molar-refractivity contribution in [3.8, 4) is 0 Å². The standard InChI is InChI=1S/C32H42N10O4S/c33-31(34)37-7-1-6-36-20-22-2-4-26(5-3-22)42-21-25-19-28(38-29(25)39-32(42)44)23-16-24(18-27(17-23)40-10-8-35-9-11-40)30(43)41-12-14-47(45,46)15-13-41/h2-5,16-19,21,29,35-36,38H,1,6-15,20H2,(H,39,44)(H4,33,34,37). The molecule has 2 fully saturated rings. The van der Waals surface area contributed by atoms with Crippen LogP contribution in [0.1, 0.15) is 27.9 Å². The van der Waals surface area contributed by atoms with Crippen molar-refractivity contribution in [1.82, 2.24) is 26.2 Å². The number of rotatable bonds is 10. The van der Waals surface area contributed by atoms with Crippen molar-refractivity contribution in [2.24, 2.45) is 16.5 Å². The molecule has 1 unspecified atom stereocenters. The number of carbonyl (C=O) groups excluding carboxylic acids is 2. The van der Waals surface area contributed by atoms with E-state index in [2.05, 4.69) is 37.2 Å². The molecule has 0 aliphatic carbocycles. The lowest BCUT2D eigenvalue weighted by Crippen LogP contribution is -2.51. The molecule has 4 aliphatic heterocycles. The van der Waals surface area contributed by atoms with Crippen LogP contribution in [0.4, 0.5) is 16.2 Å². The molecule has 6 rings (SSSR count). The molecule has 2 saturated heterocycles. The van der Waals surface area contributed by atoms with E-state index in [0.29, 0.717) is 18.7 Å². The number of nitrogens with one attached hydrogen (secondary N) is 4. The van der Waals surface area contributed by atoms with Crippen molar-refractivity contribution in [3.63, 3.8) is 0 Å². The maximum Gasteiger partial charge on any atom is 0.327 e. The molecule has 0 aromatic heterocycles.